The van der Waals surface area contributed by atoms with Crippen LogP contribution in [0.5, 0.6) is 5.75 Å². The number of carbonyl (C=O) groups excluding carboxylic acids is 3. The summed E-state index contributed by atoms with van der Waals surface area (Å²) in [5, 5.41) is 15.5. The van der Waals surface area contributed by atoms with Crippen LogP contribution in [-0.2, 0) is 20.8 Å². The van der Waals surface area contributed by atoms with Crippen LogP contribution >= 0.6 is 0 Å². The molecule has 9 heteroatoms. The van der Waals surface area contributed by atoms with Crippen LogP contribution in [0.4, 0.5) is 0 Å². The average molecular weight is 389 g/mol. The zero-order chi connectivity index (χ0) is 20.7. The summed E-state index contributed by atoms with van der Waals surface area (Å²) < 4.78 is 10.8. The predicted molar refractivity (Wildman–Crippen MR) is 97.6 cm³/mol. The lowest BCUT2D eigenvalue weighted by molar-refractivity contribution is -0.304. The maximum atomic E-state index is 12.0. The van der Waals surface area contributed by atoms with Gasteiger partial charge in [-0.25, -0.2) is 4.79 Å². The van der Waals surface area contributed by atoms with Gasteiger partial charge in [0.25, 0.3) is 5.91 Å². The average Bonchev–Trinajstić information content (AvgIpc) is 2.64. The zero-order valence-corrected chi connectivity index (χ0v) is 15.6. The fourth-order valence-electron chi connectivity index (χ4n) is 2.56. The van der Waals surface area contributed by atoms with Crippen molar-refractivity contribution in [1.29, 1.82) is 0 Å². The van der Waals surface area contributed by atoms with Gasteiger partial charge < -0.3 is 29.7 Å². The van der Waals surface area contributed by atoms with E-state index in [0.29, 0.717) is 11.3 Å². The second-order valence-corrected chi connectivity index (χ2v) is 6.13. The molecule has 0 saturated heterocycles. The molecular formula is C19H21N2O7-. The van der Waals surface area contributed by atoms with Crippen molar-refractivity contribution in [2.45, 2.75) is 32.8 Å². The molecule has 0 bridgehead atoms. The molecule has 2 amide bonds. The van der Waals surface area contributed by atoms with Gasteiger partial charge in [-0.2, -0.15) is 0 Å². The third-order valence-corrected chi connectivity index (χ3v) is 3.86. The first kappa shape index (κ1) is 20.9. The van der Waals surface area contributed by atoms with Gasteiger partial charge in [-0.3, -0.25) is 9.59 Å². The SMILES string of the molecule is CCCc1cc(=O)oc2cc(O[C@@H](C)C(=O)NCC(=O)NCC(=O)[O-])ccc12. The van der Waals surface area contributed by atoms with E-state index in [1.165, 1.54) is 19.1 Å². The molecule has 0 aliphatic carbocycles. The molecular weight excluding hydrogens is 368 g/mol. The number of hydrogen-bond acceptors (Lipinski definition) is 7. The molecule has 28 heavy (non-hydrogen) atoms. The Hall–Kier alpha value is -3.36. The number of rotatable bonds is 9. The van der Waals surface area contributed by atoms with Crippen molar-refractivity contribution in [3.63, 3.8) is 0 Å². The molecule has 1 aromatic carbocycles. The highest BCUT2D eigenvalue weighted by Crippen LogP contribution is 2.24. The normalized spacial score (nSPS) is 11.6. The summed E-state index contributed by atoms with van der Waals surface area (Å²) in [6.07, 6.45) is 0.683. The Morgan fingerprint density at radius 3 is 2.61 bits per heavy atom. The van der Waals surface area contributed by atoms with Crippen LogP contribution in [0.15, 0.2) is 33.5 Å². The summed E-state index contributed by atoms with van der Waals surface area (Å²) in [6.45, 7) is 2.47. The second-order valence-electron chi connectivity index (χ2n) is 6.13. The number of nitrogens with one attached hydrogen (secondary N) is 2. The minimum Gasteiger partial charge on any atom is -0.548 e. The van der Waals surface area contributed by atoms with E-state index in [-0.39, 0.29) is 0 Å². The number of aryl methyl sites for hydroxylation is 1. The summed E-state index contributed by atoms with van der Waals surface area (Å²) in [5.74, 6) is -2.33. The van der Waals surface area contributed by atoms with E-state index in [2.05, 4.69) is 10.6 Å². The van der Waals surface area contributed by atoms with E-state index in [4.69, 9.17) is 9.15 Å². The van der Waals surface area contributed by atoms with Crippen molar-refractivity contribution in [2.24, 2.45) is 0 Å². The minimum atomic E-state index is -1.43. The Bertz CT molecular complexity index is 936. The lowest BCUT2D eigenvalue weighted by atomic mass is 10.1. The summed E-state index contributed by atoms with van der Waals surface area (Å²) in [7, 11) is 0. The molecule has 0 unspecified atom stereocenters. The molecule has 2 aromatic rings. The highest BCUT2D eigenvalue weighted by Gasteiger charge is 2.16. The minimum absolute atomic E-state index is 0.327. The van der Waals surface area contributed by atoms with E-state index in [9.17, 15) is 24.3 Å². The van der Waals surface area contributed by atoms with E-state index >= 15 is 0 Å². The third kappa shape index (κ3) is 5.83. The van der Waals surface area contributed by atoms with Gasteiger partial charge in [-0.15, -0.1) is 0 Å². The Kier molecular flexibility index (Phi) is 7.14. The molecule has 1 atom stereocenters. The smallest absolute Gasteiger partial charge is 0.336 e. The number of carboxylic acids is 1. The number of fused-ring (bicyclic) bond motifs is 1. The zero-order valence-electron chi connectivity index (χ0n) is 15.6. The van der Waals surface area contributed by atoms with Gasteiger partial charge in [0.15, 0.2) is 6.10 Å². The maximum absolute atomic E-state index is 12.0. The summed E-state index contributed by atoms with van der Waals surface area (Å²) in [6, 6.07) is 6.43. The van der Waals surface area contributed by atoms with Crippen molar-refractivity contribution >= 4 is 28.8 Å². The Labute approximate surface area is 160 Å². The first-order valence-electron chi connectivity index (χ1n) is 8.77. The Morgan fingerprint density at radius 1 is 1.18 bits per heavy atom. The summed E-state index contributed by atoms with van der Waals surface area (Å²) in [5.41, 5.74) is 0.790. The van der Waals surface area contributed by atoms with Crippen LogP contribution < -0.4 is 26.1 Å². The molecule has 0 spiro atoms. The molecule has 0 radical (unpaired) electrons. The number of aliphatic carboxylic acids is 1. The standard InChI is InChI=1S/C19H22N2O7/c1-3-4-12-7-18(25)28-15-8-13(5-6-14(12)15)27-11(2)19(26)21-9-16(22)20-10-17(23)24/h5-8,11H,3-4,9-10H2,1-2H3,(H,20,22)(H,21,26)(H,23,24)/p-1/t11-/m0/s1. The van der Waals surface area contributed by atoms with Crippen LogP contribution in [0.2, 0.25) is 0 Å². The fourth-order valence-corrected chi connectivity index (χ4v) is 2.56. The highest BCUT2D eigenvalue weighted by molar-refractivity contribution is 5.88. The molecule has 2 rings (SSSR count). The van der Waals surface area contributed by atoms with Gasteiger partial charge >= 0.3 is 5.63 Å². The first-order valence-corrected chi connectivity index (χ1v) is 8.77. The molecule has 150 valence electrons. The summed E-state index contributed by atoms with van der Waals surface area (Å²) >= 11 is 0. The number of benzene rings is 1. The number of ether oxygens (including phenoxy) is 1. The quantitative estimate of drug-likeness (QED) is 0.551. The van der Waals surface area contributed by atoms with E-state index in [1.54, 1.807) is 12.1 Å². The molecule has 1 aromatic heterocycles. The fraction of sp³-hybridized carbons (Fsp3) is 0.368. The number of amides is 2. The van der Waals surface area contributed by atoms with Crippen LogP contribution in [0.3, 0.4) is 0 Å². The van der Waals surface area contributed by atoms with Crippen LogP contribution in [0, 0.1) is 0 Å². The number of carbonyl (C=O) groups is 3. The van der Waals surface area contributed by atoms with Crippen molar-refractivity contribution < 1.29 is 28.6 Å². The van der Waals surface area contributed by atoms with E-state index < -0.39 is 42.6 Å². The van der Waals surface area contributed by atoms with Gasteiger partial charge in [-0.05, 0) is 31.0 Å². The second kappa shape index (κ2) is 9.54. The molecule has 0 saturated carbocycles. The molecule has 0 fully saturated rings. The number of hydrogen-bond donors (Lipinski definition) is 2. The van der Waals surface area contributed by atoms with Crippen molar-refractivity contribution in [2.75, 3.05) is 13.1 Å². The number of carboxylic acid groups (broad SMARTS) is 1. The van der Waals surface area contributed by atoms with Gasteiger partial charge in [-0.1, -0.05) is 13.3 Å². The van der Waals surface area contributed by atoms with E-state index in [1.807, 2.05) is 6.92 Å². The third-order valence-electron chi connectivity index (χ3n) is 3.86. The van der Waals surface area contributed by atoms with Gasteiger partial charge in [0, 0.05) is 17.5 Å². The largest absolute Gasteiger partial charge is 0.548 e. The highest BCUT2D eigenvalue weighted by atomic mass is 16.5. The van der Waals surface area contributed by atoms with Crippen LogP contribution in [-0.4, -0.2) is 37.0 Å². The van der Waals surface area contributed by atoms with Gasteiger partial charge in [0.05, 0.1) is 19.1 Å². The predicted octanol–water partition coefficient (Wildman–Crippen LogP) is -0.505. The molecule has 0 aliphatic rings. The topological polar surface area (TPSA) is 138 Å². The molecule has 2 N–H and O–H groups in total. The maximum Gasteiger partial charge on any atom is 0.336 e. The molecule has 0 aliphatic heterocycles. The van der Waals surface area contributed by atoms with E-state index in [0.717, 1.165) is 23.8 Å². The Balaban J connectivity index is 2.01. The lowest BCUT2D eigenvalue weighted by Gasteiger charge is -2.15. The molecule has 9 nitrogen and oxygen atoms in total. The summed E-state index contributed by atoms with van der Waals surface area (Å²) in [4.78, 5) is 45.4. The Morgan fingerprint density at radius 2 is 1.93 bits per heavy atom. The monoisotopic (exact) mass is 389 g/mol. The van der Waals surface area contributed by atoms with Crippen molar-refractivity contribution in [1.82, 2.24) is 10.6 Å². The van der Waals surface area contributed by atoms with Gasteiger partial charge in [0.1, 0.15) is 11.3 Å². The first-order chi connectivity index (χ1) is 13.3. The van der Waals surface area contributed by atoms with Crippen LogP contribution in [0.25, 0.3) is 11.0 Å². The van der Waals surface area contributed by atoms with Crippen molar-refractivity contribution in [3.8, 4) is 5.75 Å². The van der Waals surface area contributed by atoms with Crippen molar-refractivity contribution in [3.05, 3.63) is 40.2 Å². The lowest BCUT2D eigenvalue weighted by Crippen LogP contribution is -2.45. The molecule has 1 heterocycles. The van der Waals surface area contributed by atoms with Crippen LogP contribution in [0.1, 0.15) is 25.8 Å². The van der Waals surface area contributed by atoms with Gasteiger partial charge in [0.2, 0.25) is 5.91 Å².